The highest BCUT2D eigenvalue weighted by Crippen LogP contribution is 2.25. The summed E-state index contributed by atoms with van der Waals surface area (Å²) in [5.74, 6) is 0. The predicted molar refractivity (Wildman–Crippen MR) is 76.5 cm³/mol. The molecule has 0 spiro atoms. The molecule has 2 atom stereocenters. The number of anilines is 1. The van der Waals surface area contributed by atoms with E-state index < -0.39 is 0 Å². The number of halogens is 1. The van der Waals surface area contributed by atoms with Crippen molar-refractivity contribution in [2.75, 3.05) is 24.6 Å². The summed E-state index contributed by atoms with van der Waals surface area (Å²) >= 11 is 6.08. The maximum Gasteiger partial charge on any atom is 0.0602 e. The van der Waals surface area contributed by atoms with E-state index in [1.165, 1.54) is 11.3 Å². The van der Waals surface area contributed by atoms with E-state index in [-0.39, 0.29) is 12.6 Å². The first-order valence-corrected chi connectivity index (χ1v) is 6.86. The van der Waals surface area contributed by atoms with Crippen LogP contribution in [-0.4, -0.2) is 36.9 Å². The summed E-state index contributed by atoms with van der Waals surface area (Å²) in [7, 11) is 0. The van der Waals surface area contributed by atoms with Crippen molar-refractivity contribution >= 4 is 17.3 Å². The molecule has 0 aliphatic carbocycles. The van der Waals surface area contributed by atoms with Gasteiger partial charge in [-0.15, -0.1) is 0 Å². The number of aliphatic hydroxyl groups excluding tert-OH is 1. The lowest BCUT2D eigenvalue weighted by Crippen LogP contribution is -2.42. The van der Waals surface area contributed by atoms with Gasteiger partial charge in [0, 0.05) is 35.9 Å². The third-order valence-electron chi connectivity index (χ3n) is 3.53. The van der Waals surface area contributed by atoms with Crippen LogP contribution in [0.5, 0.6) is 0 Å². The fourth-order valence-corrected chi connectivity index (χ4v) is 2.66. The van der Waals surface area contributed by atoms with Gasteiger partial charge in [0.25, 0.3) is 0 Å². The molecule has 1 aromatic rings. The van der Waals surface area contributed by atoms with Crippen molar-refractivity contribution in [1.29, 1.82) is 0 Å². The fourth-order valence-electron chi connectivity index (χ4n) is 2.50. The molecule has 3 nitrogen and oxygen atoms in total. The third kappa shape index (κ3) is 3.16. The molecule has 2 rings (SSSR count). The largest absolute Gasteiger partial charge is 0.395 e. The highest BCUT2D eigenvalue weighted by molar-refractivity contribution is 6.30. The van der Waals surface area contributed by atoms with Crippen molar-refractivity contribution in [3.8, 4) is 0 Å². The van der Waals surface area contributed by atoms with Gasteiger partial charge >= 0.3 is 0 Å². The maximum atomic E-state index is 9.41. The van der Waals surface area contributed by atoms with Crippen molar-refractivity contribution < 1.29 is 5.11 Å². The summed E-state index contributed by atoms with van der Waals surface area (Å²) in [6.07, 6.45) is 1.07. The Bertz CT molecular complexity index is 411. The number of hydrogen-bond acceptors (Lipinski definition) is 3. The van der Waals surface area contributed by atoms with Gasteiger partial charge in [-0.25, -0.2) is 0 Å². The van der Waals surface area contributed by atoms with Crippen LogP contribution in [0.2, 0.25) is 5.02 Å². The summed E-state index contributed by atoms with van der Waals surface area (Å²) in [6.45, 7) is 6.24. The zero-order chi connectivity index (χ0) is 13.1. The number of rotatable bonds is 2. The summed E-state index contributed by atoms with van der Waals surface area (Å²) in [6, 6.07) is 6.55. The van der Waals surface area contributed by atoms with Gasteiger partial charge in [0.15, 0.2) is 0 Å². The first-order valence-electron chi connectivity index (χ1n) is 6.48. The molecule has 1 aromatic carbocycles. The van der Waals surface area contributed by atoms with Crippen LogP contribution in [0.25, 0.3) is 0 Å². The fraction of sp³-hybridized carbons (Fsp3) is 0.571. The lowest BCUT2D eigenvalue weighted by molar-refractivity contribution is 0.240. The molecule has 1 aliphatic heterocycles. The first-order chi connectivity index (χ1) is 8.60. The van der Waals surface area contributed by atoms with Gasteiger partial charge in [0.05, 0.1) is 6.61 Å². The van der Waals surface area contributed by atoms with Crippen LogP contribution in [0.4, 0.5) is 5.69 Å². The van der Waals surface area contributed by atoms with Crippen molar-refractivity contribution in [3.63, 3.8) is 0 Å². The van der Waals surface area contributed by atoms with Crippen LogP contribution in [0.15, 0.2) is 18.2 Å². The highest BCUT2D eigenvalue weighted by Gasteiger charge is 2.21. The molecular weight excluding hydrogens is 248 g/mol. The monoisotopic (exact) mass is 268 g/mol. The number of aryl methyl sites for hydroxylation is 1. The highest BCUT2D eigenvalue weighted by atomic mass is 35.5. The number of nitrogens with zero attached hydrogens (tertiary/aromatic N) is 1. The van der Waals surface area contributed by atoms with Crippen LogP contribution < -0.4 is 10.2 Å². The second kappa shape index (κ2) is 5.91. The zero-order valence-electron chi connectivity index (χ0n) is 11.0. The Morgan fingerprint density at radius 2 is 2.28 bits per heavy atom. The van der Waals surface area contributed by atoms with Crippen LogP contribution in [-0.2, 0) is 0 Å². The Labute approximate surface area is 114 Å². The second-order valence-corrected chi connectivity index (χ2v) is 5.55. The van der Waals surface area contributed by atoms with E-state index in [2.05, 4.69) is 24.1 Å². The molecule has 1 heterocycles. The van der Waals surface area contributed by atoms with Crippen molar-refractivity contribution in [2.45, 2.75) is 32.4 Å². The van der Waals surface area contributed by atoms with Gasteiger partial charge in [-0.3, -0.25) is 0 Å². The van der Waals surface area contributed by atoms with Gasteiger partial charge < -0.3 is 15.3 Å². The minimum Gasteiger partial charge on any atom is -0.395 e. The maximum absolute atomic E-state index is 9.41. The number of nitrogens with one attached hydrogen (secondary N) is 1. The van der Waals surface area contributed by atoms with Gasteiger partial charge in [-0.05, 0) is 38.0 Å². The van der Waals surface area contributed by atoms with E-state index in [4.69, 9.17) is 11.6 Å². The summed E-state index contributed by atoms with van der Waals surface area (Å²) in [5, 5.41) is 13.6. The molecule has 2 N–H and O–H groups in total. The van der Waals surface area contributed by atoms with E-state index in [0.29, 0.717) is 6.04 Å². The van der Waals surface area contributed by atoms with Crippen LogP contribution in [0, 0.1) is 6.92 Å². The molecule has 1 saturated heterocycles. The Hall–Kier alpha value is -0.770. The van der Waals surface area contributed by atoms with E-state index in [0.717, 1.165) is 24.5 Å². The molecule has 0 saturated carbocycles. The third-order valence-corrected chi connectivity index (χ3v) is 3.76. The summed E-state index contributed by atoms with van der Waals surface area (Å²) in [4.78, 5) is 2.32. The minimum absolute atomic E-state index is 0.126. The predicted octanol–water partition coefficient (Wildman–Crippen LogP) is 2.20. The molecule has 18 heavy (non-hydrogen) atoms. The van der Waals surface area contributed by atoms with Crippen LogP contribution >= 0.6 is 11.6 Å². The second-order valence-electron chi connectivity index (χ2n) is 5.11. The Morgan fingerprint density at radius 3 is 3.00 bits per heavy atom. The van der Waals surface area contributed by atoms with Gasteiger partial charge in [-0.1, -0.05) is 17.7 Å². The molecule has 0 aromatic heterocycles. The molecule has 4 heteroatoms. The Morgan fingerprint density at radius 1 is 1.50 bits per heavy atom. The van der Waals surface area contributed by atoms with Crippen molar-refractivity contribution in [3.05, 3.63) is 28.8 Å². The normalized spacial score (nSPS) is 25.0. The van der Waals surface area contributed by atoms with Crippen LogP contribution in [0.3, 0.4) is 0 Å². The lowest BCUT2D eigenvalue weighted by atomic mass is 10.1. The topological polar surface area (TPSA) is 35.5 Å². The quantitative estimate of drug-likeness (QED) is 0.863. The molecule has 0 amide bonds. The molecule has 100 valence electrons. The zero-order valence-corrected chi connectivity index (χ0v) is 11.7. The van der Waals surface area contributed by atoms with Gasteiger partial charge in [0.1, 0.15) is 0 Å². The van der Waals surface area contributed by atoms with Crippen LogP contribution in [0.1, 0.15) is 18.9 Å². The van der Waals surface area contributed by atoms with E-state index >= 15 is 0 Å². The lowest BCUT2D eigenvalue weighted by Gasteiger charge is -2.27. The summed E-state index contributed by atoms with van der Waals surface area (Å²) < 4.78 is 0. The van der Waals surface area contributed by atoms with Gasteiger partial charge in [0.2, 0.25) is 0 Å². The van der Waals surface area contributed by atoms with E-state index in [1.807, 2.05) is 18.2 Å². The summed E-state index contributed by atoms with van der Waals surface area (Å²) in [5.41, 5.74) is 2.41. The number of benzene rings is 1. The SMILES string of the molecule is Cc1ccc(Cl)cc1N1CCC(C)NC(CO)C1. The van der Waals surface area contributed by atoms with E-state index in [1.54, 1.807) is 0 Å². The number of hydrogen-bond donors (Lipinski definition) is 2. The van der Waals surface area contributed by atoms with Crippen molar-refractivity contribution in [2.24, 2.45) is 0 Å². The average Bonchev–Trinajstić information content (AvgIpc) is 2.54. The molecule has 1 aliphatic rings. The molecule has 1 fully saturated rings. The van der Waals surface area contributed by atoms with E-state index in [9.17, 15) is 5.11 Å². The Kier molecular flexibility index (Phi) is 4.49. The average molecular weight is 269 g/mol. The van der Waals surface area contributed by atoms with Gasteiger partial charge in [-0.2, -0.15) is 0 Å². The molecule has 2 unspecified atom stereocenters. The smallest absolute Gasteiger partial charge is 0.0602 e. The standard InChI is InChI=1S/C14H21ClN2O/c1-10-3-4-12(15)7-14(10)17-6-5-11(2)16-13(8-17)9-18/h3-4,7,11,13,16,18H,5-6,8-9H2,1-2H3. The first kappa shape index (κ1) is 13.7. The molecule has 0 bridgehead atoms. The Balaban J connectivity index is 2.23. The molecule has 0 radical (unpaired) electrons. The van der Waals surface area contributed by atoms with Crippen molar-refractivity contribution in [1.82, 2.24) is 5.32 Å². The number of aliphatic hydroxyl groups is 1. The minimum atomic E-state index is 0.126. The molecular formula is C14H21ClN2O.